The molecule has 0 spiro atoms. The number of aryl methyl sites for hydroxylation is 1. The van der Waals surface area contributed by atoms with Gasteiger partial charge in [-0.15, -0.1) is 0 Å². The minimum atomic E-state index is -0.666. The third-order valence-electron chi connectivity index (χ3n) is 5.25. The summed E-state index contributed by atoms with van der Waals surface area (Å²) in [7, 11) is 2.92. The molecule has 7 nitrogen and oxygen atoms in total. The van der Waals surface area contributed by atoms with Crippen molar-refractivity contribution in [2.24, 2.45) is 0 Å². The van der Waals surface area contributed by atoms with Crippen molar-refractivity contribution in [2.45, 2.75) is 39.3 Å². The zero-order valence-corrected chi connectivity index (χ0v) is 17.3. The van der Waals surface area contributed by atoms with Crippen LogP contribution < -0.4 is 9.47 Å². The molecule has 1 aliphatic rings. The number of nitrogens with zero attached hydrogens (tertiary/aromatic N) is 1. The highest BCUT2D eigenvalue weighted by molar-refractivity contribution is 6.01. The van der Waals surface area contributed by atoms with Crippen molar-refractivity contribution in [2.75, 3.05) is 27.4 Å². The summed E-state index contributed by atoms with van der Waals surface area (Å²) >= 11 is 0. The Morgan fingerprint density at radius 2 is 1.86 bits per heavy atom. The van der Waals surface area contributed by atoms with Gasteiger partial charge in [0.05, 0.1) is 20.3 Å². The van der Waals surface area contributed by atoms with Crippen LogP contribution in [0.5, 0.6) is 11.5 Å². The maximum atomic E-state index is 12.7. The fourth-order valence-corrected chi connectivity index (χ4v) is 3.69. The molecule has 3 rings (SSSR count). The van der Waals surface area contributed by atoms with Gasteiger partial charge >= 0.3 is 5.97 Å². The van der Waals surface area contributed by atoms with Crippen LogP contribution in [-0.4, -0.2) is 49.9 Å². The number of hydrogen-bond acceptors (Lipinski definition) is 6. The van der Waals surface area contributed by atoms with Crippen LogP contribution in [0.1, 0.15) is 44.9 Å². The number of methoxy groups -OCH3 is 2. The maximum absolute atomic E-state index is 12.7. The van der Waals surface area contributed by atoms with Crippen molar-refractivity contribution < 1.29 is 28.5 Å². The van der Waals surface area contributed by atoms with Crippen LogP contribution >= 0.6 is 0 Å². The number of benzene rings is 1. The fourth-order valence-electron chi connectivity index (χ4n) is 3.69. The normalized spacial score (nSPS) is 15.9. The molecule has 156 valence electrons. The predicted molar refractivity (Wildman–Crippen MR) is 107 cm³/mol. The lowest BCUT2D eigenvalue weighted by molar-refractivity contribution is 0.0468. The third-order valence-corrected chi connectivity index (χ3v) is 5.25. The summed E-state index contributed by atoms with van der Waals surface area (Å²) in [6, 6.07) is 6.83. The van der Waals surface area contributed by atoms with Crippen molar-refractivity contribution in [1.29, 1.82) is 0 Å². The van der Waals surface area contributed by atoms with Gasteiger partial charge in [0, 0.05) is 30.1 Å². The molecule has 0 aliphatic carbocycles. The lowest BCUT2D eigenvalue weighted by atomic mass is 10.1. The van der Waals surface area contributed by atoms with Crippen molar-refractivity contribution in [3.8, 4) is 11.5 Å². The van der Waals surface area contributed by atoms with E-state index >= 15 is 0 Å². The van der Waals surface area contributed by atoms with Gasteiger partial charge in [-0.2, -0.15) is 0 Å². The Kier molecular flexibility index (Phi) is 6.59. The lowest BCUT2D eigenvalue weighted by Crippen LogP contribution is -2.18. The first kappa shape index (κ1) is 20.9. The molecular weight excluding hydrogens is 374 g/mol. The highest BCUT2D eigenvalue weighted by Gasteiger charge is 2.24. The van der Waals surface area contributed by atoms with Crippen LogP contribution in [0, 0.1) is 13.8 Å². The van der Waals surface area contributed by atoms with Gasteiger partial charge in [-0.1, -0.05) is 6.07 Å². The minimum absolute atomic E-state index is 0.161. The second kappa shape index (κ2) is 9.13. The number of esters is 1. The number of ether oxygens (including phenoxy) is 4. The average molecular weight is 401 g/mol. The van der Waals surface area contributed by atoms with Crippen LogP contribution in [0.15, 0.2) is 24.3 Å². The summed E-state index contributed by atoms with van der Waals surface area (Å²) in [5, 5.41) is 0. The minimum Gasteiger partial charge on any atom is -0.496 e. The quantitative estimate of drug-likeness (QED) is 0.499. The molecule has 2 heterocycles. The van der Waals surface area contributed by atoms with Crippen molar-refractivity contribution in [3.63, 3.8) is 0 Å². The first-order valence-electron chi connectivity index (χ1n) is 9.66. The van der Waals surface area contributed by atoms with Gasteiger partial charge in [0.2, 0.25) is 5.78 Å². The molecule has 1 saturated heterocycles. The van der Waals surface area contributed by atoms with E-state index in [0.29, 0.717) is 17.1 Å². The summed E-state index contributed by atoms with van der Waals surface area (Å²) in [6.07, 6.45) is 2.27. The van der Waals surface area contributed by atoms with Crippen LogP contribution in [-0.2, 0) is 16.0 Å². The molecule has 0 saturated carbocycles. The SMILES string of the molecule is COc1cccc(OC)c1C(=O)OCC(=O)c1cc(C)n(CC2CCCO2)c1C. The monoisotopic (exact) mass is 401 g/mol. The van der Waals surface area contributed by atoms with Crippen molar-refractivity contribution in [3.05, 3.63) is 46.8 Å². The standard InChI is InChI=1S/C22H27NO6/c1-14-11-17(15(2)23(14)12-16-7-6-10-28-16)18(24)13-29-22(25)21-19(26-3)8-5-9-20(21)27-4/h5,8-9,11,16H,6-7,10,12-13H2,1-4H3. The molecule has 2 aromatic rings. The van der Waals surface area contributed by atoms with E-state index in [1.165, 1.54) is 14.2 Å². The van der Waals surface area contributed by atoms with E-state index in [2.05, 4.69) is 4.57 Å². The Bertz CT molecular complexity index is 873. The predicted octanol–water partition coefficient (Wildman–Crippen LogP) is 3.34. The summed E-state index contributed by atoms with van der Waals surface area (Å²) in [5.41, 5.74) is 2.56. The molecule has 1 fully saturated rings. The number of hydrogen-bond donors (Lipinski definition) is 0. The molecule has 1 unspecified atom stereocenters. The summed E-state index contributed by atoms with van der Waals surface area (Å²) in [4.78, 5) is 25.3. The lowest BCUT2D eigenvalue weighted by Gasteiger charge is -2.15. The summed E-state index contributed by atoms with van der Waals surface area (Å²) < 4.78 is 23.5. The highest BCUT2D eigenvalue weighted by Crippen LogP contribution is 2.29. The van der Waals surface area contributed by atoms with Gasteiger partial charge in [0.15, 0.2) is 6.61 Å². The second-order valence-corrected chi connectivity index (χ2v) is 7.07. The van der Waals surface area contributed by atoms with Gasteiger partial charge in [-0.25, -0.2) is 4.79 Å². The zero-order valence-electron chi connectivity index (χ0n) is 17.3. The van der Waals surface area contributed by atoms with Gasteiger partial charge in [-0.3, -0.25) is 4.79 Å². The fraction of sp³-hybridized carbons (Fsp3) is 0.455. The van der Waals surface area contributed by atoms with Crippen LogP contribution in [0.3, 0.4) is 0 Å². The van der Waals surface area contributed by atoms with E-state index < -0.39 is 5.97 Å². The van der Waals surface area contributed by atoms with E-state index in [0.717, 1.165) is 37.4 Å². The number of rotatable bonds is 8. The maximum Gasteiger partial charge on any atom is 0.346 e. The number of Topliss-reactive ketones (excluding diaryl/α,β-unsaturated/α-hetero) is 1. The number of ketones is 1. The Morgan fingerprint density at radius 1 is 1.17 bits per heavy atom. The molecule has 1 aromatic heterocycles. The van der Waals surface area contributed by atoms with Crippen LogP contribution in [0.2, 0.25) is 0 Å². The number of carbonyl (C=O) groups is 2. The molecule has 0 amide bonds. The van der Waals surface area contributed by atoms with E-state index in [9.17, 15) is 9.59 Å². The van der Waals surface area contributed by atoms with Crippen LogP contribution in [0.25, 0.3) is 0 Å². The summed E-state index contributed by atoms with van der Waals surface area (Å²) in [5.74, 6) is -0.257. The van der Waals surface area contributed by atoms with Crippen molar-refractivity contribution in [1.82, 2.24) is 4.57 Å². The second-order valence-electron chi connectivity index (χ2n) is 7.07. The van der Waals surface area contributed by atoms with Crippen LogP contribution in [0.4, 0.5) is 0 Å². The molecule has 7 heteroatoms. The van der Waals surface area contributed by atoms with Gasteiger partial charge in [0.25, 0.3) is 0 Å². The van der Waals surface area contributed by atoms with E-state index in [4.69, 9.17) is 18.9 Å². The molecule has 0 N–H and O–H groups in total. The largest absolute Gasteiger partial charge is 0.496 e. The topological polar surface area (TPSA) is 76.0 Å². The van der Waals surface area contributed by atoms with Gasteiger partial charge in [0.1, 0.15) is 17.1 Å². The Morgan fingerprint density at radius 3 is 2.45 bits per heavy atom. The molecule has 0 radical (unpaired) electrons. The zero-order chi connectivity index (χ0) is 21.0. The summed E-state index contributed by atoms with van der Waals surface area (Å²) in [6.45, 7) is 5.02. The first-order valence-corrected chi connectivity index (χ1v) is 9.66. The first-order chi connectivity index (χ1) is 14.0. The Balaban J connectivity index is 1.71. The van der Waals surface area contributed by atoms with E-state index in [1.807, 2.05) is 19.9 Å². The molecule has 1 aliphatic heterocycles. The highest BCUT2D eigenvalue weighted by atomic mass is 16.5. The number of carbonyl (C=O) groups excluding carboxylic acids is 2. The molecule has 29 heavy (non-hydrogen) atoms. The van der Waals surface area contributed by atoms with E-state index in [1.54, 1.807) is 18.2 Å². The number of aromatic nitrogens is 1. The Hall–Kier alpha value is -2.80. The smallest absolute Gasteiger partial charge is 0.346 e. The van der Waals surface area contributed by atoms with Gasteiger partial charge < -0.3 is 23.5 Å². The third kappa shape index (κ3) is 4.45. The van der Waals surface area contributed by atoms with Crippen molar-refractivity contribution >= 4 is 11.8 Å². The molecule has 1 atom stereocenters. The molecule has 1 aromatic carbocycles. The molecule has 0 bridgehead atoms. The molecular formula is C22H27NO6. The Labute approximate surface area is 170 Å². The van der Waals surface area contributed by atoms with Gasteiger partial charge in [-0.05, 0) is 44.9 Å². The van der Waals surface area contributed by atoms with E-state index in [-0.39, 0.29) is 24.1 Å². The average Bonchev–Trinajstić information content (AvgIpc) is 3.34.